The summed E-state index contributed by atoms with van der Waals surface area (Å²) in [5.74, 6) is 0.718. The van der Waals surface area contributed by atoms with E-state index in [1.807, 2.05) is 12.1 Å². The Kier molecular flexibility index (Phi) is 5.84. The zero-order valence-corrected chi connectivity index (χ0v) is 12.2. The van der Waals surface area contributed by atoms with Crippen LogP contribution in [-0.2, 0) is 6.42 Å². The molecule has 4 heteroatoms. The highest BCUT2D eigenvalue weighted by atomic mass is 19.1. The summed E-state index contributed by atoms with van der Waals surface area (Å²) in [6, 6.07) is 7.21. The minimum absolute atomic E-state index is 0.187. The monoisotopic (exact) mass is 277 g/mol. The van der Waals surface area contributed by atoms with E-state index in [0.717, 1.165) is 24.5 Å². The Morgan fingerprint density at radius 2 is 1.95 bits per heavy atom. The van der Waals surface area contributed by atoms with Gasteiger partial charge in [0.15, 0.2) is 5.96 Å². The molecule has 1 aromatic rings. The van der Waals surface area contributed by atoms with Crippen LogP contribution in [0.15, 0.2) is 29.3 Å². The molecule has 0 unspecified atom stereocenters. The van der Waals surface area contributed by atoms with Crippen LogP contribution in [0.1, 0.15) is 38.2 Å². The van der Waals surface area contributed by atoms with Crippen LogP contribution in [-0.4, -0.2) is 25.1 Å². The fourth-order valence-electron chi connectivity index (χ4n) is 2.53. The van der Waals surface area contributed by atoms with Crippen LogP contribution >= 0.6 is 0 Å². The summed E-state index contributed by atoms with van der Waals surface area (Å²) >= 11 is 0. The van der Waals surface area contributed by atoms with Gasteiger partial charge in [-0.05, 0) is 43.9 Å². The van der Waals surface area contributed by atoms with E-state index in [2.05, 4.69) is 22.5 Å². The zero-order chi connectivity index (χ0) is 14.2. The molecule has 0 aliphatic heterocycles. The average molecular weight is 277 g/mol. The predicted octanol–water partition coefficient (Wildman–Crippen LogP) is 2.87. The average Bonchev–Trinajstić information content (AvgIpc) is 2.94. The fourth-order valence-corrected chi connectivity index (χ4v) is 2.53. The molecular weight excluding hydrogens is 253 g/mol. The number of hydrogen-bond acceptors (Lipinski definition) is 1. The molecule has 1 aliphatic rings. The Morgan fingerprint density at radius 1 is 1.25 bits per heavy atom. The minimum atomic E-state index is -0.187. The van der Waals surface area contributed by atoms with Crippen molar-refractivity contribution in [3.05, 3.63) is 35.6 Å². The van der Waals surface area contributed by atoms with Gasteiger partial charge >= 0.3 is 0 Å². The molecular formula is C16H24FN3. The third-order valence-electron chi connectivity index (χ3n) is 3.62. The zero-order valence-electron chi connectivity index (χ0n) is 12.2. The van der Waals surface area contributed by atoms with Gasteiger partial charge < -0.3 is 10.6 Å². The first-order valence-corrected chi connectivity index (χ1v) is 7.57. The summed E-state index contributed by atoms with van der Waals surface area (Å²) in [6.45, 7) is 3.66. The molecule has 0 amide bonds. The lowest BCUT2D eigenvalue weighted by Gasteiger charge is -2.16. The lowest BCUT2D eigenvalue weighted by atomic mass is 10.1. The first-order chi connectivity index (χ1) is 9.78. The Bertz CT molecular complexity index is 422. The summed E-state index contributed by atoms with van der Waals surface area (Å²) in [5, 5.41) is 6.77. The van der Waals surface area contributed by atoms with E-state index in [1.54, 1.807) is 0 Å². The van der Waals surface area contributed by atoms with Crippen molar-refractivity contribution in [1.82, 2.24) is 10.6 Å². The van der Waals surface area contributed by atoms with Gasteiger partial charge in [-0.15, -0.1) is 0 Å². The van der Waals surface area contributed by atoms with E-state index < -0.39 is 0 Å². The summed E-state index contributed by atoms with van der Waals surface area (Å²) in [7, 11) is 0. The summed E-state index contributed by atoms with van der Waals surface area (Å²) in [6.07, 6.45) is 5.94. The van der Waals surface area contributed by atoms with Crippen LogP contribution < -0.4 is 10.6 Å². The van der Waals surface area contributed by atoms with Gasteiger partial charge in [0, 0.05) is 19.1 Å². The molecule has 0 atom stereocenters. The Hall–Kier alpha value is -1.58. The van der Waals surface area contributed by atoms with Crippen molar-refractivity contribution in [2.45, 2.75) is 45.1 Å². The fraction of sp³-hybridized carbons (Fsp3) is 0.562. The number of rotatable bonds is 5. The molecule has 1 saturated carbocycles. The number of benzene rings is 1. The van der Waals surface area contributed by atoms with Crippen LogP contribution in [0, 0.1) is 5.82 Å². The molecule has 3 nitrogen and oxygen atoms in total. The lowest BCUT2D eigenvalue weighted by Crippen LogP contribution is -2.42. The second-order valence-electron chi connectivity index (χ2n) is 5.26. The molecule has 0 heterocycles. The summed E-state index contributed by atoms with van der Waals surface area (Å²) < 4.78 is 12.8. The summed E-state index contributed by atoms with van der Waals surface area (Å²) in [4.78, 5) is 4.60. The van der Waals surface area contributed by atoms with Gasteiger partial charge in [-0.2, -0.15) is 0 Å². The van der Waals surface area contributed by atoms with Gasteiger partial charge in [0.05, 0.1) is 0 Å². The van der Waals surface area contributed by atoms with E-state index in [9.17, 15) is 4.39 Å². The molecule has 0 saturated heterocycles. The van der Waals surface area contributed by atoms with Crippen molar-refractivity contribution in [2.24, 2.45) is 4.99 Å². The van der Waals surface area contributed by atoms with Gasteiger partial charge in [-0.25, -0.2) is 4.39 Å². The van der Waals surface area contributed by atoms with Crippen molar-refractivity contribution in [2.75, 3.05) is 13.1 Å². The third kappa shape index (κ3) is 4.83. The number of guanidine groups is 1. The molecule has 20 heavy (non-hydrogen) atoms. The first-order valence-electron chi connectivity index (χ1n) is 7.57. The van der Waals surface area contributed by atoms with Gasteiger partial charge in [0.1, 0.15) is 5.82 Å². The third-order valence-corrected chi connectivity index (χ3v) is 3.62. The second-order valence-corrected chi connectivity index (χ2v) is 5.26. The van der Waals surface area contributed by atoms with E-state index in [1.165, 1.54) is 37.8 Å². The largest absolute Gasteiger partial charge is 0.357 e. The van der Waals surface area contributed by atoms with Crippen molar-refractivity contribution < 1.29 is 4.39 Å². The van der Waals surface area contributed by atoms with Crippen LogP contribution in [0.4, 0.5) is 4.39 Å². The Labute approximate surface area is 120 Å². The van der Waals surface area contributed by atoms with Gasteiger partial charge in [-0.3, -0.25) is 4.99 Å². The number of aliphatic imine (C=N–C) groups is 1. The van der Waals surface area contributed by atoms with Gasteiger partial charge in [-0.1, -0.05) is 25.0 Å². The number of nitrogens with zero attached hydrogens (tertiary/aromatic N) is 1. The standard InChI is InChI=1S/C16H24FN3/c1-2-18-16(20-15-5-3-4-6-15)19-12-11-13-7-9-14(17)10-8-13/h7-10,15H,2-6,11-12H2,1H3,(H2,18,19,20). The maximum atomic E-state index is 12.8. The quantitative estimate of drug-likeness (QED) is 0.641. The van der Waals surface area contributed by atoms with E-state index >= 15 is 0 Å². The van der Waals surface area contributed by atoms with Crippen molar-refractivity contribution >= 4 is 5.96 Å². The van der Waals surface area contributed by atoms with Crippen LogP contribution in [0.5, 0.6) is 0 Å². The lowest BCUT2D eigenvalue weighted by molar-refractivity contribution is 0.613. The van der Waals surface area contributed by atoms with Crippen molar-refractivity contribution in [3.8, 4) is 0 Å². The molecule has 0 radical (unpaired) electrons. The van der Waals surface area contributed by atoms with E-state index in [4.69, 9.17) is 0 Å². The van der Waals surface area contributed by atoms with E-state index in [0.29, 0.717) is 12.6 Å². The second kappa shape index (κ2) is 7.88. The highest BCUT2D eigenvalue weighted by Gasteiger charge is 2.15. The van der Waals surface area contributed by atoms with Crippen LogP contribution in [0.3, 0.4) is 0 Å². The highest BCUT2D eigenvalue weighted by Crippen LogP contribution is 2.17. The summed E-state index contributed by atoms with van der Waals surface area (Å²) in [5.41, 5.74) is 1.12. The molecule has 2 rings (SSSR count). The predicted molar refractivity (Wildman–Crippen MR) is 81.5 cm³/mol. The smallest absolute Gasteiger partial charge is 0.191 e. The number of halogens is 1. The van der Waals surface area contributed by atoms with Crippen molar-refractivity contribution in [3.63, 3.8) is 0 Å². The molecule has 1 aliphatic carbocycles. The highest BCUT2D eigenvalue weighted by molar-refractivity contribution is 5.80. The Balaban J connectivity index is 1.83. The molecule has 1 fully saturated rings. The topological polar surface area (TPSA) is 36.4 Å². The number of hydrogen-bond donors (Lipinski definition) is 2. The molecule has 2 N–H and O–H groups in total. The van der Waals surface area contributed by atoms with Gasteiger partial charge in [0.25, 0.3) is 0 Å². The minimum Gasteiger partial charge on any atom is -0.357 e. The molecule has 110 valence electrons. The van der Waals surface area contributed by atoms with E-state index in [-0.39, 0.29) is 5.82 Å². The molecule has 0 aromatic heterocycles. The van der Waals surface area contributed by atoms with Crippen molar-refractivity contribution in [1.29, 1.82) is 0 Å². The molecule has 0 spiro atoms. The Morgan fingerprint density at radius 3 is 2.60 bits per heavy atom. The SMILES string of the molecule is CCNC(=NCCc1ccc(F)cc1)NC1CCCC1. The maximum absolute atomic E-state index is 12.8. The first kappa shape index (κ1) is 14.8. The number of nitrogens with one attached hydrogen (secondary N) is 2. The molecule has 0 bridgehead atoms. The maximum Gasteiger partial charge on any atom is 0.191 e. The van der Waals surface area contributed by atoms with Crippen LogP contribution in [0.2, 0.25) is 0 Å². The normalized spacial score (nSPS) is 16.4. The molecule has 1 aromatic carbocycles. The van der Waals surface area contributed by atoms with Gasteiger partial charge in [0.2, 0.25) is 0 Å². The van der Waals surface area contributed by atoms with Crippen LogP contribution in [0.25, 0.3) is 0 Å².